The molecule has 0 spiro atoms. The highest BCUT2D eigenvalue weighted by Crippen LogP contribution is 2.10. The first kappa shape index (κ1) is 14.8. The molecule has 1 atom stereocenters. The van der Waals surface area contributed by atoms with Crippen molar-refractivity contribution in [2.75, 3.05) is 26.2 Å². The lowest BCUT2D eigenvalue weighted by molar-refractivity contribution is -0.131. The minimum Gasteiger partial charge on any atom is -0.343 e. The van der Waals surface area contributed by atoms with Gasteiger partial charge in [-0.05, 0) is 25.1 Å². The second-order valence-electron chi connectivity index (χ2n) is 4.89. The predicted molar refractivity (Wildman–Crippen MR) is 77.8 cm³/mol. The summed E-state index contributed by atoms with van der Waals surface area (Å²) in [5.41, 5.74) is 0.457. The van der Waals surface area contributed by atoms with Crippen LogP contribution < -0.4 is 10.6 Å². The highest BCUT2D eigenvalue weighted by Gasteiger charge is 2.20. The highest BCUT2D eigenvalue weighted by molar-refractivity contribution is 6.30. The lowest BCUT2D eigenvalue weighted by atomic mass is 10.2. The topological polar surface area (TPSA) is 61.4 Å². The van der Waals surface area contributed by atoms with E-state index in [0.717, 1.165) is 6.54 Å². The number of halogens is 1. The van der Waals surface area contributed by atoms with Crippen molar-refractivity contribution in [3.05, 3.63) is 34.9 Å². The lowest BCUT2D eigenvalue weighted by Crippen LogP contribution is -2.53. The summed E-state index contributed by atoms with van der Waals surface area (Å²) >= 11 is 5.83. The molecule has 0 bridgehead atoms. The molecule has 1 saturated heterocycles. The fraction of sp³-hybridized carbons (Fsp3) is 0.429. The van der Waals surface area contributed by atoms with Crippen LogP contribution in [0.3, 0.4) is 0 Å². The molecule has 0 aliphatic carbocycles. The van der Waals surface area contributed by atoms with Crippen LogP contribution in [0.25, 0.3) is 0 Å². The molecule has 6 heteroatoms. The van der Waals surface area contributed by atoms with Crippen LogP contribution in [-0.2, 0) is 4.79 Å². The first-order valence-electron chi connectivity index (χ1n) is 6.61. The van der Waals surface area contributed by atoms with Crippen molar-refractivity contribution in [2.45, 2.75) is 13.0 Å². The van der Waals surface area contributed by atoms with Crippen molar-refractivity contribution in [1.29, 1.82) is 0 Å². The maximum Gasteiger partial charge on any atom is 0.251 e. The molecular weight excluding hydrogens is 278 g/mol. The molecule has 0 saturated carbocycles. The number of amides is 2. The minimum absolute atomic E-state index is 0.0120. The first-order chi connectivity index (χ1) is 9.56. The second kappa shape index (κ2) is 6.72. The molecule has 1 aromatic carbocycles. The molecule has 2 N–H and O–H groups in total. The van der Waals surface area contributed by atoms with E-state index in [1.54, 1.807) is 29.2 Å². The number of hydrogen-bond donors (Lipinski definition) is 2. The van der Waals surface area contributed by atoms with Gasteiger partial charge in [0, 0.05) is 36.3 Å². The van der Waals surface area contributed by atoms with E-state index >= 15 is 0 Å². The lowest BCUT2D eigenvalue weighted by Gasteiger charge is -2.31. The van der Waals surface area contributed by atoms with E-state index in [2.05, 4.69) is 10.6 Å². The minimum atomic E-state index is -0.288. The molecule has 2 rings (SSSR count). The van der Waals surface area contributed by atoms with Crippen molar-refractivity contribution in [3.8, 4) is 0 Å². The van der Waals surface area contributed by atoms with Crippen LogP contribution in [-0.4, -0.2) is 48.9 Å². The number of piperazine rings is 1. The SMILES string of the molecule is C[C@@H]1CN(C(=O)CNC(=O)c2cccc(Cl)c2)CCN1. The van der Waals surface area contributed by atoms with Gasteiger partial charge >= 0.3 is 0 Å². The molecule has 108 valence electrons. The monoisotopic (exact) mass is 295 g/mol. The number of nitrogens with one attached hydrogen (secondary N) is 2. The van der Waals surface area contributed by atoms with Crippen LogP contribution in [0.4, 0.5) is 0 Å². The maximum absolute atomic E-state index is 12.0. The van der Waals surface area contributed by atoms with Gasteiger partial charge in [-0.15, -0.1) is 0 Å². The average Bonchev–Trinajstić information content (AvgIpc) is 2.44. The van der Waals surface area contributed by atoms with Crippen molar-refractivity contribution in [2.24, 2.45) is 0 Å². The maximum atomic E-state index is 12.0. The van der Waals surface area contributed by atoms with Gasteiger partial charge in [0.25, 0.3) is 5.91 Å². The van der Waals surface area contributed by atoms with Gasteiger partial charge in [-0.2, -0.15) is 0 Å². The van der Waals surface area contributed by atoms with Crippen LogP contribution in [0.2, 0.25) is 5.02 Å². The molecule has 0 unspecified atom stereocenters. The molecule has 0 aromatic heterocycles. The van der Waals surface area contributed by atoms with Crippen molar-refractivity contribution in [3.63, 3.8) is 0 Å². The number of carbonyl (C=O) groups excluding carboxylic acids is 2. The summed E-state index contributed by atoms with van der Waals surface area (Å²) in [6.07, 6.45) is 0. The Hall–Kier alpha value is -1.59. The Labute approximate surface area is 123 Å². The van der Waals surface area contributed by atoms with Crippen molar-refractivity contribution in [1.82, 2.24) is 15.5 Å². The number of hydrogen-bond acceptors (Lipinski definition) is 3. The normalized spacial score (nSPS) is 18.7. The molecule has 1 aliphatic rings. The standard InChI is InChI=1S/C14H18ClN3O2/c1-10-9-18(6-5-16-10)13(19)8-17-14(20)11-3-2-4-12(15)7-11/h2-4,7,10,16H,5-6,8-9H2,1H3,(H,17,20)/t10-/m1/s1. The Balaban J connectivity index is 1.85. The summed E-state index contributed by atoms with van der Waals surface area (Å²) in [5.74, 6) is -0.349. The van der Waals surface area contributed by atoms with Gasteiger partial charge < -0.3 is 15.5 Å². The molecule has 1 heterocycles. The molecule has 2 amide bonds. The second-order valence-corrected chi connectivity index (χ2v) is 5.32. The molecule has 1 fully saturated rings. The average molecular weight is 296 g/mol. The quantitative estimate of drug-likeness (QED) is 0.871. The van der Waals surface area contributed by atoms with Crippen LogP contribution in [0, 0.1) is 0 Å². The largest absolute Gasteiger partial charge is 0.343 e. The van der Waals surface area contributed by atoms with E-state index < -0.39 is 0 Å². The highest BCUT2D eigenvalue weighted by atomic mass is 35.5. The van der Waals surface area contributed by atoms with Gasteiger partial charge in [-0.25, -0.2) is 0 Å². The summed E-state index contributed by atoms with van der Waals surface area (Å²) in [7, 11) is 0. The van der Waals surface area contributed by atoms with E-state index in [0.29, 0.717) is 23.7 Å². The molecule has 1 aromatic rings. The van der Waals surface area contributed by atoms with E-state index in [9.17, 15) is 9.59 Å². The fourth-order valence-electron chi connectivity index (χ4n) is 2.16. The Kier molecular flexibility index (Phi) is 4.98. The number of nitrogens with zero attached hydrogens (tertiary/aromatic N) is 1. The smallest absolute Gasteiger partial charge is 0.251 e. The summed E-state index contributed by atoms with van der Waals surface area (Å²) < 4.78 is 0. The third kappa shape index (κ3) is 3.95. The molecular formula is C14H18ClN3O2. The molecule has 5 nitrogen and oxygen atoms in total. The third-order valence-corrected chi connectivity index (χ3v) is 3.44. The molecule has 20 heavy (non-hydrogen) atoms. The Morgan fingerprint density at radius 2 is 2.30 bits per heavy atom. The van der Waals surface area contributed by atoms with E-state index in [4.69, 9.17) is 11.6 Å². The van der Waals surface area contributed by atoms with Gasteiger partial charge in [-0.1, -0.05) is 17.7 Å². The summed E-state index contributed by atoms with van der Waals surface area (Å²) in [5, 5.41) is 6.40. The Morgan fingerprint density at radius 1 is 1.50 bits per heavy atom. The zero-order valence-electron chi connectivity index (χ0n) is 11.4. The predicted octanol–water partition coefficient (Wildman–Crippen LogP) is 0.890. The van der Waals surface area contributed by atoms with Gasteiger partial charge in [0.05, 0.1) is 6.54 Å². The van der Waals surface area contributed by atoms with Gasteiger partial charge in [0.15, 0.2) is 0 Å². The Morgan fingerprint density at radius 3 is 3.00 bits per heavy atom. The van der Waals surface area contributed by atoms with Crippen LogP contribution in [0.1, 0.15) is 17.3 Å². The zero-order chi connectivity index (χ0) is 14.5. The Bertz CT molecular complexity index is 507. The van der Waals surface area contributed by atoms with Crippen molar-refractivity contribution < 1.29 is 9.59 Å². The number of benzene rings is 1. The van der Waals surface area contributed by atoms with Crippen LogP contribution in [0.5, 0.6) is 0 Å². The van der Waals surface area contributed by atoms with E-state index in [1.807, 2.05) is 6.92 Å². The summed E-state index contributed by atoms with van der Waals surface area (Å²) in [4.78, 5) is 25.7. The van der Waals surface area contributed by atoms with Crippen LogP contribution >= 0.6 is 11.6 Å². The van der Waals surface area contributed by atoms with Gasteiger partial charge in [0.1, 0.15) is 0 Å². The first-order valence-corrected chi connectivity index (χ1v) is 6.99. The van der Waals surface area contributed by atoms with E-state index in [-0.39, 0.29) is 24.4 Å². The molecule has 0 radical (unpaired) electrons. The number of carbonyl (C=O) groups is 2. The van der Waals surface area contributed by atoms with Crippen LogP contribution in [0.15, 0.2) is 24.3 Å². The van der Waals surface area contributed by atoms with Gasteiger partial charge in [-0.3, -0.25) is 9.59 Å². The molecule has 1 aliphatic heterocycles. The summed E-state index contributed by atoms with van der Waals surface area (Å²) in [6.45, 7) is 4.18. The number of rotatable bonds is 3. The summed E-state index contributed by atoms with van der Waals surface area (Å²) in [6, 6.07) is 6.94. The van der Waals surface area contributed by atoms with Crippen molar-refractivity contribution >= 4 is 23.4 Å². The van der Waals surface area contributed by atoms with E-state index in [1.165, 1.54) is 0 Å². The van der Waals surface area contributed by atoms with Gasteiger partial charge in [0.2, 0.25) is 5.91 Å². The third-order valence-electron chi connectivity index (χ3n) is 3.21. The zero-order valence-corrected chi connectivity index (χ0v) is 12.1. The fourth-order valence-corrected chi connectivity index (χ4v) is 2.35.